The van der Waals surface area contributed by atoms with Crippen LogP contribution in [0.3, 0.4) is 0 Å². The first-order valence-electron chi connectivity index (χ1n) is 8.11. The van der Waals surface area contributed by atoms with Crippen molar-refractivity contribution in [3.8, 4) is 34.3 Å². The van der Waals surface area contributed by atoms with Gasteiger partial charge in [-0.15, -0.1) is 0 Å². The number of hydrogen-bond acceptors (Lipinski definition) is 5. The molecule has 0 fully saturated rings. The molecule has 26 heavy (non-hydrogen) atoms. The molecule has 3 rings (SSSR count). The van der Waals surface area contributed by atoms with Gasteiger partial charge < -0.3 is 14.5 Å². The number of pyridine rings is 1. The predicted molar refractivity (Wildman–Crippen MR) is 97.6 cm³/mol. The van der Waals surface area contributed by atoms with Gasteiger partial charge in [-0.3, -0.25) is 4.79 Å². The lowest BCUT2D eigenvalue weighted by Crippen LogP contribution is -2.05. The van der Waals surface area contributed by atoms with E-state index in [0.717, 1.165) is 11.1 Å². The number of hydrogen-bond donors (Lipinski definition) is 1. The van der Waals surface area contributed by atoms with E-state index in [0.29, 0.717) is 29.1 Å². The van der Waals surface area contributed by atoms with Crippen LogP contribution in [0.2, 0.25) is 0 Å². The lowest BCUT2D eigenvalue weighted by atomic mass is 10.0. The molecule has 0 saturated heterocycles. The Bertz CT molecular complexity index is 955. The Kier molecular flexibility index (Phi) is 4.99. The molecule has 0 aliphatic carbocycles. The van der Waals surface area contributed by atoms with Gasteiger partial charge in [-0.2, -0.15) is 5.26 Å². The third-order valence-corrected chi connectivity index (χ3v) is 3.71. The Morgan fingerprint density at radius 1 is 1.27 bits per heavy atom. The number of nitrogens with one attached hydrogen (secondary N) is 1. The van der Waals surface area contributed by atoms with Crippen LogP contribution >= 0.6 is 0 Å². The van der Waals surface area contributed by atoms with Crippen molar-refractivity contribution in [2.24, 2.45) is 0 Å². The SMILES string of the molecule is CCOc1nc(-c2ccc(NC(C)=O)cc2)cc(-c2ccoc2)c1C#N. The molecule has 0 bridgehead atoms. The van der Waals surface area contributed by atoms with Gasteiger partial charge in [0.1, 0.15) is 11.6 Å². The molecule has 0 spiro atoms. The van der Waals surface area contributed by atoms with Crippen LogP contribution in [0.4, 0.5) is 5.69 Å². The quantitative estimate of drug-likeness (QED) is 0.746. The zero-order valence-corrected chi connectivity index (χ0v) is 14.4. The van der Waals surface area contributed by atoms with Crippen LogP contribution in [-0.4, -0.2) is 17.5 Å². The highest BCUT2D eigenvalue weighted by Crippen LogP contribution is 2.34. The van der Waals surface area contributed by atoms with E-state index in [1.54, 1.807) is 30.7 Å². The van der Waals surface area contributed by atoms with Gasteiger partial charge in [0, 0.05) is 29.3 Å². The number of ether oxygens (including phenoxy) is 1. The number of carbonyl (C=O) groups is 1. The monoisotopic (exact) mass is 347 g/mol. The van der Waals surface area contributed by atoms with Crippen molar-refractivity contribution in [1.82, 2.24) is 4.98 Å². The summed E-state index contributed by atoms with van der Waals surface area (Å²) in [5.74, 6) is 0.157. The first-order valence-corrected chi connectivity index (χ1v) is 8.11. The second kappa shape index (κ2) is 7.53. The fraction of sp³-hybridized carbons (Fsp3) is 0.150. The standard InChI is InChI=1S/C20H17N3O3/c1-3-26-20-18(11-21)17(15-8-9-25-12-15)10-19(23-20)14-4-6-16(7-5-14)22-13(2)24/h4-10,12H,3H2,1-2H3,(H,22,24). The van der Waals surface area contributed by atoms with Crippen LogP contribution < -0.4 is 10.1 Å². The average molecular weight is 347 g/mol. The van der Waals surface area contributed by atoms with E-state index < -0.39 is 0 Å². The number of nitriles is 1. The fourth-order valence-electron chi connectivity index (χ4n) is 2.59. The number of benzene rings is 1. The van der Waals surface area contributed by atoms with E-state index in [-0.39, 0.29) is 11.8 Å². The number of anilines is 1. The van der Waals surface area contributed by atoms with Crippen molar-refractivity contribution in [2.75, 3.05) is 11.9 Å². The summed E-state index contributed by atoms with van der Waals surface area (Å²) >= 11 is 0. The third-order valence-electron chi connectivity index (χ3n) is 3.71. The lowest BCUT2D eigenvalue weighted by Gasteiger charge is -2.12. The lowest BCUT2D eigenvalue weighted by molar-refractivity contribution is -0.114. The summed E-state index contributed by atoms with van der Waals surface area (Å²) in [7, 11) is 0. The molecular weight excluding hydrogens is 330 g/mol. The molecule has 1 amide bonds. The maximum atomic E-state index is 11.2. The second-order valence-corrected chi connectivity index (χ2v) is 5.55. The fourth-order valence-corrected chi connectivity index (χ4v) is 2.59. The van der Waals surface area contributed by atoms with Crippen LogP contribution in [0, 0.1) is 11.3 Å². The predicted octanol–water partition coefficient (Wildman–Crippen LogP) is 4.24. The van der Waals surface area contributed by atoms with Crippen LogP contribution in [0.25, 0.3) is 22.4 Å². The highest BCUT2D eigenvalue weighted by atomic mass is 16.5. The molecule has 0 unspecified atom stereocenters. The van der Waals surface area contributed by atoms with Crippen molar-refractivity contribution in [3.05, 3.63) is 54.5 Å². The number of aromatic nitrogens is 1. The maximum absolute atomic E-state index is 11.2. The summed E-state index contributed by atoms with van der Waals surface area (Å²) < 4.78 is 10.7. The molecule has 6 nitrogen and oxygen atoms in total. The van der Waals surface area contributed by atoms with Gasteiger partial charge in [-0.05, 0) is 31.2 Å². The molecule has 6 heteroatoms. The van der Waals surface area contributed by atoms with Gasteiger partial charge in [-0.25, -0.2) is 4.98 Å². The number of furan rings is 1. The van der Waals surface area contributed by atoms with E-state index >= 15 is 0 Å². The third kappa shape index (κ3) is 3.57. The van der Waals surface area contributed by atoms with E-state index in [4.69, 9.17) is 9.15 Å². The Hall–Kier alpha value is -3.59. The minimum absolute atomic E-state index is 0.130. The smallest absolute Gasteiger partial charge is 0.232 e. The second-order valence-electron chi connectivity index (χ2n) is 5.55. The summed E-state index contributed by atoms with van der Waals surface area (Å²) in [5.41, 5.74) is 4.05. The summed E-state index contributed by atoms with van der Waals surface area (Å²) in [6.07, 6.45) is 3.13. The zero-order chi connectivity index (χ0) is 18.5. The van der Waals surface area contributed by atoms with Crippen LogP contribution in [0.15, 0.2) is 53.3 Å². The molecule has 1 aromatic carbocycles. The van der Waals surface area contributed by atoms with Crippen LogP contribution in [-0.2, 0) is 4.79 Å². The first-order chi connectivity index (χ1) is 12.6. The molecule has 3 aromatic rings. The summed E-state index contributed by atoms with van der Waals surface area (Å²) in [6, 6.07) is 13.1. The topological polar surface area (TPSA) is 88.2 Å². The Balaban J connectivity index is 2.10. The zero-order valence-electron chi connectivity index (χ0n) is 14.4. The Labute approximate surface area is 151 Å². The van der Waals surface area contributed by atoms with E-state index in [9.17, 15) is 10.1 Å². The van der Waals surface area contributed by atoms with E-state index in [2.05, 4.69) is 16.4 Å². The Morgan fingerprint density at radius 2 is 2.04 bits per heavy atom. The van der Waals surface area contributed by atoms with Crippen LogP contribution in [0.1, 0.15) is 19.4 Å². The molecule has 0 atom stereocenters. The average Bonchev–Trinajstić information content (AvgIpc) is 3.16. The summed E-state index contributed by atoms with van der Waals surface area (Å²) in [6.45, 7) is 3.70. The highest BCUT2D eigenvalue weighted by molar-refractivity contribution is 5.89. The largest absolute Gasteiger partial charge is 0.477 e. The molecule has 0 radical (unpaired) electrons. The molecule has 0 saturated carbocycles. The van der Waals surface area contributed by atoms with Crippen molar-refractivity contribution in [1.29, 1.82) is 5.26 Å². The Morgan fingerprint density at radius 3 is 2.62 bits per heavy atom. The normalized spacial score (nSPS) is 10.2. The molecule has 130 valence electrons. The van der Waals surface area contributed by atoms with E-state index in [1.165, 1.54) is 6.92 Å². The van der Waals surface area contributed by atoms with Gasteiger partial charge in [-0.1, -0.05) is 12.1 Å². The van der Waals surface area contributed by atoms with E-state index in [1.807, 2.05) is 25.1 Å². The van der Waals surface area contributed by atoms with Crippen LogP contribution in [0.5, 0.6) is 5.88 Å². The molecular formula is C20H17N3O3. The minimum Gasteiger partial charge on any atom is -0.477 e. The van der Waals surface area contributed by atoms with Crippen molar-refractivity contribution in [2.45, 2.75) is 13.8 Å². The highest BCUT2D eigenvalue weighted by Gasteiger charge is 2.17. The molecule has 0 aliphatic rings. The van der Waals surface area contributed by atoms with Gasteiger partial charge in [0.25, 0.3) is 0 Å². The molecule has 2 aromatic heterocycles. The number of carbonyl (C=O) groups excluding carboxylic acids is 1. The maximum Gasteiger partial charge on any atom is 0.232 e. The minimum atomic E-state index is -0.130. The number of amides is 1. The van der Waals surface area contributed by atoms with Gasteiger partial charge in [0.15, 0.2) is 0 Å². The summed E-state index contributed by atoms with van der Waals surface area (Å²) in [4.78, 5) is 15.7. The van der Waals surface area contributed by atoms with Crippen molar-refractivity contribution < 1.29 is 13.9 Å². The number of nitrogens with zero attached hydrogens (tertiary/aromatic N) is 2. The first kappa shape index (κ1) is 17.2. The molecule has 0 aliphatic heterocycles. The number of rotatable bonds is 5. The van der Waals surface area contributed by atoms with Gasteiger partial charge in [0.05, 0.1) is 24.8 Å². The van der Waals surface area contributed by atoms with Crippen molar-refractivity contribution >= 4 is 11.6 Å². The summed E-state index contributed by atoms with van der Waals surface area (Å²) in [5, 5.41) is 12.3. The molecule has 2 heterocycles. The van der Waals surface area contributed by atoms with Gasteiger partial charge >= 0.3 is 0 Å². The van der Waals surface area contributed by atoms with Crippen molar-refractivity contribution in [3.63, 3.8) is 0 Å². The van der Waals surface area contributed by atoms with Gasteiger partial charge in [0.2, 0.25) is 11.8 Å². The molecule has 1 N–H and O–H groups in total.